The number of aromatic nitrogens is 3. The molecule has 0 spiro atoms. The molecule has 1 aliphatic heterocycles. The van der Waals surface area contributed by atoms with E-state index in [4.69, 9.17) is 4.74 Å². The molecule has 11 heteroatoms. The van der Waals surface area contributed by atoms with E-state index in [-0.39, 0.29) is 11.8 Å². The molecule has 0 amide bonds. The summed E-state index contributed by atoms with van der Waals surface area (Å²) in [7, 11) is 0. The molecule has 4 rings (SSSR count). The van der Waals surface area contributed by atoms with Gasteiger partial charge in [-0.25, -0.2) is 14.8 Å². The van der Waals surface area contributed by atoms with Gasteiger partial charge in [0.15, 0.2) is 11.6 Å². The molecule has 0 aliphatic carbocycles. The van der Waals surface area contributed by atoms with E-state index < -0.39 is 17.6 Å². The van der Waals surface area contributed by atoms with E-state index in [0.717, 1.165) is 18.3 Å². The van der Waals surface area contributed by atoms with Crippen molar-refractivity contribution in [1.82, 2.24) is 15.0 Å². The summed E-state index contributed by atoms with van der Waals surface area (Å²) in [6.07, 6.45) is -0.519. The van der Waals surface area contributed by atoms with Crippen LogP contribution in [-0.4, -0.2) is 47.5 Å². The minimum atomic E-state index is -4.42. The lowest BCUT2D eigenvalue weighted by Gasteiger charge is -2.27. The van der Waals surface area contributed by atoms with Crippen molar-refractivity contribution in [2.45, 2.75) is 6.18 Å². The Morgan fingerprint density at radius 3 is 2.62 bits per heavy atom. The lowest BCUT2D eigenvalue weighted by atomic mass is 10.0. The normalized spacial score (nSPS) is 14.7. The van der Waals surface area contributed by atoms with Gasteiger partial charge in [0.25, 0.3) is 0 Å². The zero-order chi connectivity index (χ0) is 22.6. The van der Waals surface area contributed by atoms with Crippen molar-refractivity contribution in [1.29, 1.82) is 0 Å². The van der Waals surface area contributed by atoms with Crippen LogP contribution < -0.4 is 10.3 Å². The third-order valence-corrected chi connectivity index (χ3v) is 4.70. The number of hydrazone groups is 1. The second-order valence-electron chi connectivity index (χ2n) is 6.88. The van der Waals surface area contributed by atoms with Crippen LogP contribution in [0.25, 0.3) is 11.1 Å². The summed E-state index contributed by atoms with van der Waals surface area (Å²) < 4.78 is 58.3. The Labute approximate surface area is 180 Å². The highest BCUT2D eigenvalue weighted by atomic mass is 19.4. The van der Waals surface area contributed by atoms with Crippen LogP contribution >= 0.6 is 0 Å². The van der Waals surface area contributed by atoms with Crippen molar-refractivity contribution >= 4 is 18.0 Å². The van der Waals surface area contributed by atoms with E-state index >= 15 is 0 Å². The molecule has 0 radical (unpaired) electrons. The molecule has 7 nitrogen and oxygen atoms in total. The Hall–Kier alpha value is -3.60. The van der Waals surface area contributed by atoms with Gasteiger partial charge in [-0.05, 0) is 35.4 Å². The molecule has 3 aromatic rings. The third-order valence-electron chi connectivity index (χ3n) is 4.70. The molecule has 1 saturated heterocycles. The van der Waals surface area contributed by atoms with Gasteiger partial charge in [-0.1, -0.05) is 12.1 Å². The summed E-state index contributed by atoms with van der Waals surface area (Å²) in [5.41, 5.74) is 3.26. The average molecular weight is 446 g/mol. The predicted octanol–water partition coefficient (Wildman–Crippen LogP) is 3.98. The molecule has 1 aliphatic rings. The molecule has 1 fully saturated rings. The zero-order valence-electron chi connectivity index (χ0n) is 16.7. The van der Waals surface area contributed by atoms with Gasteiger partial charge in [-0.15, -0.1) is 0 Å². The van der Waals surface area contributed by atoms with E-state index in [0.29, 0.717) is 43.1 Å². The predicted molar refractivity (Wildman–Crippen MR) is 111 cm³/mol. The van der Waals surface area contributed by atoms with Crippen LogP contribution in [0.2, 0.25) is 0 Å². The summed E-state index contributed by atoms with van der Waals surface area (Å²) in [4.78, 5) is 13.9. The number of hydrogen-bond acceptors (Lipinski definition) is 7. The Kier molecular flexibility index (Phi) is 6.26. The first-order valence-electron chi connectivity index (χ1n) is 9.68. The fourth-order valence-electron chi connectivity index (χ4n) is 3.14. The molecular formula is C21H18F4N6O. The number of benzene rings is 1. The highest BCUT2D eigenvalue weighted by Crippen LogP contribution is 2.32. The van der Waals surface area contributed by atoms with E-state index in [2.05, 4.69) is 25.5 Å². The second-order valence-corrected chi connectivity index (χ2v) is 6.88. The lowest BCUT2D eigenvalue weighted by molar-refractivity contribution is -0.137. The topological polar surface area (TPSA) is 75.5 Å². The van der Waals surface area contributed by atoms with Gasteiger partial charge < -0.3 is 9.64 Å². The van der Waals surface area contributed by atoms with Crippen molar-refractivity contribution in [2.75, 3.05) is 36.6 Å². The maximum absolute atomic E-state index is 14.1. The number of hydrogen-bond donors (Lipinski definition) is 1. The smallest absolute Gasteiger partial charge is 0.378 e. The van der Waals surface area contributed by atoms with Gasteiger partial charge >= 0.3 is 6.18 Å². The monoisotopic (exact) mass is 446 g/mol. The van der Waals surface area contributed by atoms with Crippen molar-refractivity contribution < 1.29 is 22.3 Å². The first-order valence-corrected chi connectivity index (χ1v) is 9.68. The Morgan fingerprint density at radius 2 is 1.84 bits per heavy atom. The molecular weight excluding hydrogens is 428 g/mol. The van der Waals surface area contributed by atoms with Crippen molar-refractivity contribution in [3.05, 3.63) is 65.9 Å². The molecule has 166 valence electrons. The first-order chi connectivity index (χ1) is 15.4. The number of morpholine rings is 1. The van der Waals surface area contributed by atoms with Crippen LogP contribution in [0.15, 0.2) is 53.9 Å². The largest absolute Gasteiger partial charge is 0.416 e. The molecule has 32 heavy (non-hydrogen) atoms. The van der Waals surface area contributed by atoms with Gasteiger partial charge in [-0.2, -0.15) is 23.3 Å². The summed E-state index contributed by atoms with van der Waals surface area (Å²) >= 11 is 0. The second kappa shape index (κ2) is 9.27. The number of rotatable bonds is 5. The number of halogens is 4. The molecule has 0 unspecified atom stereocenters. The van der Waals surface area contributed by atoms with Crippen molar-refractivity contribution in [2.24, 2.45) is 5.10 Å². The lowest BCUT2D eigenvalue weighted by Crippen LogP contribution is -2.37. The molecule has 0 atom stereocenters. The maximum atomic E-state index is 14.1. The van der Waals surface area contributed by atoms with Gasteiger partial charge in [0, 0.05) is 19.3 Å². The van der Waals surface area contributed by atoms with Crippen molar-refractivity contribution in [3.8, 4) is 11.1 Å². The van der Waals surface area contributed by atoms with Crippen LogP contribution in [-0.2, 0) is 10.9 Å². The van der Waals surface area contributed by atoms with Crippen molar-refractivity contribution in [3.63, 3.8) is 0 Å². The SMILES string of the molecule is Fc1cnc(N/N=C\c2cc(-c3cccc(C(F)(F)F)c3)ccn2)nc1N1CCOCC1. The number of nitrogens with zero attached hydrogens (tertiary/aromatic N) is 5. The summed E-state index contributed by atoms with van der Waals surface area (Å²) in [6, 6.07) is 8.25. The van der Waals surface area contributed by atoms with Gasteiger partial charge in [0.05, 0.1) is 36.9 Å². The van der Waals surface area contributed by atoms with Crippen LogP contribution in [0.4, 0.5) is 29.3 Å². The van der Waals surface area contributed by atoms with Gasteiger partial charge in [-0.3, -0.25) is 4.98 Å². The molecule has 2 aromatic heterocycles. The fraction of sp³-hybridized carbons (Fsp3) is 0.238. The molecule has 1 N–H and O–H groups in total. The quantitative estimate of drug-likeness (QED) is 0.363. The van der Waals surface area contributed by atoms with Crippen LogP contribution in [0, 0.1) is 5.82 Å². The Balaban J connectivity index is 1.48. The fourth-order valence-corrected chi connectivity index (χ4v) is 3.14. The number of nitrogens with one attached hydrogen (secondary N) is 1. The van der Waals surface area contributed by atoms with Gasteiger partial charge in [0.1, 0.15) is 0 Å². The Morgan fingerprint density at radius 1 is 1.06 bits per heavy atom. The molecule has 0 saturated carbocycles. The molecule has 0 bridgehead atoms. The average Bonchev–Trinajstić information content (AvgIpc) is 2.80. The van der Waals surface area contributed by atoms with Crippen LogP contribution in [0.3, 0.4) is 0 Å². The standard InChI is InChI=1S/C21H18F4N6O/c22-18-13-27-20(29-19(18)31-6-8-32-9-7-31)30-28-12-17-11-15(4-5-26-17)14-2-1-3-16(10-14)21(23,24)25/h1-5,10-13H,6-9H2,(H,27,29,30)/b28-12-. The van der Waals surface area contributed by atoms with E-state index in [1.165, 1.54) is 18.5 Å². The number of anilines is 2. The zero-order valence-corrected chi connectivity index (χ0v) is 16.7. The summed E-state index contributed by atoms with van der Waals surface area (Å²) in [5, 5.41) is 4.01. The minimum Gasteiger partial charge on any atom is -0.378 e. The molecule has 3 heterocycles. The third kappa shape index (κ3) is 5.17. The number of ether oxygens (including phenoxy) is 1. The van der Waals surface area contributed by atoms with E-state index in [1.54, 1.807) is 23.1 Å². The maximum Gasteiger partial charge on any atom is 0.416 e. The Bertz CT molecular complexity index is 1120. The molecule has 1 aromatic carbocycles. The van der Waals surface area contributed by atoms with E-state index in [9.17, 15) is 17.6 Å². The summed E-state index contributed by atoms with van der Waals surface area (Å²) in [5.74, 6) is -0.291. The first kappa shape index (κ1) is 21.6. The van der Waals surface area contributed by atoms with E-state index in [1.807, 2.05) is 0 Å². The number of alkyl halides is 3. The van der Waals surface area contributed by atoms with Gasteiger partial charge in [0.2, 0.25) is 5.95 Å². The van der Waals surface area contributed by atoms with Crippen LogP contribution in [0.5, 0.6) is 0 Å². The minimum absolute atomic E-state index is 0.0955. The highest BCUT2D eigenvalue weighted by Gasteiger charge is 2.30. The van der Waals surface area contributed by atoms with Crippen LogP contribution in [0.1, 0.15) is 11.3 Å². The number of pyridine rings is 1. The highest BCUT2D eigenvalue weighted by molar-refractivity contribution is 5.80. The summed E-state index contributed by atoms with van der Waals surface area (Å²) in [6.45, 7) is 2.00.